The summed E-state index contributed by atoms with van der Waals surface area (Å²) < 4.78 is 5.63. The van der Waals surface area contributed by atoms with Crippen molar-refractivity contribution in [1.82, 2.24) is 10.3 Å². The molecule has 2 rings (SSSR count). The summed E-state index contributed by atoms with van der Waals surface area (Å²) in [6.07, 6.45) is 8.53. The SMILES string of the molecule is CCCNCc1ccc(OCC(O)CC2CCCC2)cn1. The molecule has 2 N–H and O–H groups in total. The van der Waals surface area contributed by atoms with E-state index < -0.39 is 0 Å². The highest BCUT2D eigenvalue weighted by atomic mass is 16.5. The molecule has 1 fully saturated rings. The second kappa shape index (κ2) is 9.00. The van der Waals surface area contributed by atoms with Crippen molar-refractivity contribution in [2.24, 2.45) is 5.92 Å². The Morgan fingerprint density at radius 1 is 1.38 bits per heavy atom. The van der Waals surface area contributed by atoms with Gasteiger partial charge in [0, 0.05) is 6.54 Å². The summed E-state index contributed by atoms with van der Waals surface area (Å²) in [4.78, 5) is 4.36. The Labute approximate surface area is 127 Å². The van der Waals surface area contributed by atoms with Gasteiger partial charge in [-0.3, -0.25) is 4.98 Å². The van der Waals surface area contributed by atoms with Crippen LogP contribution in [-0.2, 0) is 6.54 Å². The van der Waals surface area contributed by atoms with Crippen LogP contribution in [0.2, 0.25) is 0 Å². The summed E-state index contributed by atoms with van der Waals surface area (Å²) >= 11 is 0. The zero-order chi connectivity index (χ0) is 14.9. The quantitative estimate of drug-likeness (QED) is 0.687. The summed E-state index contributed by atoms with van der Waals surface area (Å²) in [5.74, 6) is 1.42. The Morgan fingerprint density at radius 3 is 2.86 bits per heavy atom. The molecule has 0 aliphatic heterocycles. The number of hydrogen-bond acceptors (Lipinski definition) is 4. The molecule has 0 amide bonds. The van der Waals surface area contributed by atoms with E-state index in [0.29, 0.717) is 12.5 Å². The second-order valence-corrected chi connectivity index (χ2v) is 6.01. The Bertz CT molecular complexity index is 388. The van der Waals surface area contributed by atoms with Gasteiger partial charge in [-0.05, 0) is 37.4 Å². The van der Waals surface area contributed by atoms with E-state index in [1.54, 1.807) is 6.20 Å². The van der Waals surface area contributed by atoms with Gasteiger partial charge in [-0.25, -0.2) is 0 Å². The molecule has 1 saturated carbocycles. The van der Waals surface area contributed by atoms with E-state index in [2.05, 4.69) is 17.2 Å². The first-order valence-corrected chi connectivity index (χ1v) is 8.24. The van der Waals surface area contributed by atoms with E-state index in [-0.39, 0.29) is 6.10 Å². The highest BCUT2D eigenvalue weighted by Crippen LogP contribution is 2.28. The van der Waals surface area contributed by atoms with Gasteiger partial charge in [0.25, 0.3) is 0 Å². The third-order valence-electron chi connectivity index (χ3n) is 4.05. The number of pyridine rings is 1. The lowest BCUT2D eigenvalue weighted by Crippen LogP contribution is -2.20. The lowest BCUT2D eigenvalue weighted by atomic mass is 10.0. The van der Waals surface area contributed by atoms with Crippen LogP contribution in [0, 0.1) is 5.92 Å². The number of rotatable bonds is 9. The highest BCUT2D eigenvalue weighted by molar-refractivity contribution is 5.19. The third kappa shape index (κ3) is 6.02. The van der Waals surface area contributed by atoms with Crippen molar-refractivity contribution in [3.8, 4) is 5.75 Å². The van der Waals surface area contributed by atoms with E-state index in [4.69, 9.17) is 4.74 Å². The van der Waals surface area contributed by atoms with Crippen molar-refractivity contribution in [2.75, 3.05) is 13.2 Å². The molecule has 118 valence electrons. The molecule has 1 aliphatic carbocycles. The number of aliphatic hydroxyl groups excluding tert-OH is 1. The first kappa shape index (κ1) is 16.2. The summed E-state index contributed by atoms with van der Waals surface area (Å²) in [6, 6.07) is 3.90. The van der Waals surface area contributed by atoms with E-state index in [1.807, 2.05) is 12.1 Å². The van der Waals surface area contributed by atoms with Gasteiger partial charge < -0.3 is 15.2 Å². The van der Waals surface area contributed by atoms with Gasteiger partial charge in [0.15, 0.2) is 0 Å². The molecule has 4 heteroatoms. The average molecular weight is 292 g/mol. The first-order valence-electron chi connectivity index (χ1n) is 8.24. The van der Waals surface area contributed by atoms with E-state index in [9.17, 15) is 5.11 Å². The standard InChI is InChI=1S/C17H28N2O2/c1-2-9-18-11-15-7-8-17(12-19-15)21-13-16(20)10-14-5-3-4-6-14/h7-8,12,14,16,18,20H,2-6,9-11,13H2,1H3. The maximum Gasteiger partial charge on any atom is 0.137 e. The fourth-order valence-corrected chi connectivity index (χ4v) is 2.89. The largest absolute Gasteiger partial charge is 0.489 e. The molecular formula is C17H28N2O2. The first-order chi connectivity index (χ1) is 10.3. The summed E-state index contributed by atoms with van der Waals surface area (Å²) in [5, 5.41) is 13.3. The van der Waals surface area contributed by atoms with Crippen LogP contribution >= 0.6 is 0 Å². The topological polar surface area (TPSA) is 54.4 Å². The van der Waals surface area contributed by atoms with Crippen LogP contribution in [0.5, 0.6) is 5.75 Å². The minimum Gasteiger partial charge on any atom is -0.489 e. The molecule has 21 heavy (non-hydrogen) atoms. The van der Waals surface area contributed by atoms with E-state index in [0.717, 1.165) is 37.4 Å². The number of aliphatic hydroxyl groups is 1. The molecule has 0 radical (unpaired) electrons. The van der Waals surface area contributed by atoms with Crippen LogP contribution in [0.25, 0.3) is 0 Å². The van der Waals surface area contributed by atoms with Gasteiger partial charge in [0.1, 0.15) is 12.4 Å². The van der Waals surface area contributed by atoms with Crippen molar-refractivity contribution < 1.29 is 9.84 Å². The normalized spacial score (nSPS) is 17.0. The Hall–Kier alpha value is -1.13. The minimum atomic E-state index is -0.362. The van der Waals surface area contributed by atoms with Gasteiger partial charge in [0.2, 0.25) is 0 Å². The Morgan fingerprint density at radius 2 is 2.19 bits per heavy atom. The predicted molar refractivity (Wildman–Crippen MR) is 84.3 cm³/mol. The van der Waals surface area contributed by atoms with Crippen LogP contribution in [0.4, 0.5) is 0 Å². The van der Waals surface area contributed by atoms with Crippen molar-refractivity contribution in [3.63, 3.8) is 0 Å². The fourth-order valence-electron chi connectivity index (χ4n) is 2.89. The van der Waals surface area contributed by atoms with E-state index >= 15 is 0 Å². The van der Waals surface area contributed by atoms with Crippen molar-refractivity contribution in [3.05, 3.63) is 24.0 Å². The third-order valence-corrected chi connectivity index (χ3v) is 4.05. The van der Waals surface area contributed by atoms with Gasteiger partial charge >= 0.3 is 0 Å². The summed E-state index contributed by atoms with van der Waals surface area (Å²) in [7, 11) is 0. The second-order valence-electron chi connectivity index (χ2n) is 6.01. The molecule has 0 aromatic carbocycles. The summed E-state index contributed by atoms with van der Waals surface area (Å²) in [5.41, 5.74) is 1.02. The van der Waals surface area contributed by atoms with Crippen LogP contribution in [0.1, 0.15) is 51.1 Å². The molecule has 1 atom stereocenters. The van der Waals surface area contributed by atoms with Crippen molar-refractivity contribution in [2.45, 2.75) is 58.1 Å². The monoisotopic (exact) mass is 292 g/mol. The molecular weight excluding hydrogens is 264 g/mol. The fraction of sp³-hybridized carbons (Fsp3) is 0.706. The number of nitrogens with zero attached hydrogens (tertiary/aromatic N) is 1. The van der Waals surface area contributed by atoms with Crippen molar-refractivity contribution in [1.29, 1.82) is 0 Å². The Balaban J connectivity index is 1.67. The Kier molecular flexibility index (Phi) is 6.96. The lowest BCUT2D eigenvalue weighted by Gasteiger charge is -2.16. The van der Waals surface area contributed by atoms with Gasteiger partial charge in [-0.2, -0.15) is 0 Å². The average Bonchev–Trinajstić information content (AvgIpc) is 2.99. The van der Waals surface area contributed by atoms with Crippen LogP contribution in [0.3, 0.4) is 0 Å². The molecule has 1 aliphatic rings. The number of ether oxygens (including phenoxy) is 1. The maximum absolute atomic E-state index is 10.0. The van der Waals surface area contributed by atoms with Crippen LogP contribution in [0.15, 0.2) is 18.3 Å². The number of nitrogens with one attached hydrogen (secondary N) is 1. The highest BCUT2D eigenvalue weighted by Gasteiger charge is 2.19. The zero-order valence-electron chi connectivity index (χ0n) is 13.1. The minimum absolute atomic E-state index is 0.362. The van der Waals surface area contributed by atoms with Crippen molar-refractivity contribution >= 4 is 0 Å². The molecule has 1 aromatic rings. The molecule has 1 heterocycles. The number of hydrogen-bond donors (Lipinski definition) is 2. The molecule has 1 aromatic heterocycles. The molecule has 1 unspecified atom stereocenters. The molecule has 0 bridgehead atoms. The van der Waals surface area contributed by atoms with Crippen LogP contribution < -0.4 is 10.1 Å². The molecule has 0 saturated heterocycles. The van der Waals surface area contributed by atoms with Gasteiger partial charge in [-0.15, -0.1) is 0 Å². The van der Waals surface area contributed by atoms with Gasteiger partial charge in [-0.1, -0.05) is 32.6 Å². The maximum atomic E-state index is 10.0. The van der Waals surface area contributed by atoms with E-state index in [1.165, 1.54) is 25.7 Å². The predicted octanol–water partition coefficient (Wildman–Crippen LogP) is 2.90. The lowest BCUT2D eigenvalue weighted by molar-refractivity contribution is 0.0853. The van der Waals surface area contributed by atoms with Crippen LogP contribution in [-0.4, -0.2) is 29.3 Å². The van der Waals surface area contributed by atoms with Gasteiger partial charge in [0.05, 0.1) is 18.0 Å². The molecule has 0 spiro atoms. The summed E-state index contributed by atoms with van der Waals surface area (Å²) in [6.45, 7) is 4.31. The molecule has 4 nitrogen and oxygen atoms in total. The zero-order valence-corrected chi connectivity index (χ0v) is 13.1. The number of aromatic nitrogens is 1. The smallest absolute Gasteiger partial charge is 0.137 e.